The summed E-state index contributed by atoms with van der Waals surface area (Å²) in [6.45, 7) is 4.20. The van der Waals surface area contributed by atoms with Crippen LogP contribution < -0.4 is 5.73 Å². The minimum Gasteiger partial charge on any atom is -0.326 e. The molecule has 0 aliphatic rings. The summed E-state index contributed by atoms with van der Waals surface area (Å²) in [4.78, 5) is 0.309. The van der Waals surface area contributed by atoms with Crippen LogP contribution in [0.2, 0.25) is 0 Å². The first kappa shape index (κ1) is 14.2. The van der Waals surface area contributed by atoms with Crippen molar-refractivity contribution in [2.45, 2.75) is 37.8 Å². The molecule has 0 amide bonds. The van der Waals surface area contributed by atoms with Crippen LogP contribution in [0.5, 0.6) is 0 Å². The van der Waals surface area contributed by atoms with Gasteiger partial charge in [-0.2, -0.15) is 4.31 Å². The first-order chi connectivity index (χ1) is 7.93. The van der Waals surface area contributed by atoms with E-state index in [0.717, 1.165) is 12.0 Å². The van der Waals surface area contributed by atoms with Gasteiger partial charge < -0.3 is 5.73 Å². The number of hydrogen-bond donors (Lipinski definition) is 1. The van der Waals surface area contributed by atoms with E-state index < -0.39 is 10.0 Å². The van der Waals surface area contributed by atoms with Crippen LogP contribution in [-0.2, 0) is 16.6 Å². The molecule has 0 bridgehead atoms. The molecular formula is C12H20N2O2S. The third-order valence-corrected chi connectivity index (χ3v) is 4.99. The Morgan fingerprint density at radius 1 is 1.41 bits per heavy atom. The third kappa shape index (κ3) is 3.06. The summed E-state index contributed by atoms with van der Waals surface area (Å²) in [5, 5.41) is 0. The number of rotatable bonds is 5. The Hall–Kier alpha value is -0.910. The number of benzene rings is 1. The van der Waals surface area contributed by atoms with Gasteiger partial charge in [0.1, 0.15) is 0 Å². The van der Waals surface area contributed by atoms with Crippen molar-refractivity contribution in [3.63, 3.8) is 0 Å². The van der Waals surface area contributed by atoms with Crippen molar-refractivity contribution in [3.05, 3.63) is 29.8 Å². The highest BCUT2D eigenvalue weighted by Crippen LogP contribution is 2.18. The van der Waals surface area contributed by atoms with E-state index >= 15 is 0 Å². The van der Waals surface area contributed by atoms with Gasteiger partial charge >= 0.3 is 0 Å². The zero-order valence-corrected chi connectivity index (χ0v) is 11.4. The lowest BCUT2D eigenvalue weighted by atomic mass is 10.2. The van der Waals surface area contributed by atoms with Crippen molar-refractivity contribution in [2.75, 3.05) is 7.05 Å². The molecule has 96 valence electrons. The maximum Gasteiger partial charge on any atom is 0.243 e. The van der Waals surface area contributed by atoms with Crippen molar-refractivity contribution < 1.29 is 8.42 Å². The molecular weight excluding hydrogens is 236 g/mol. The molecule has 4 nitrogen and oxygen atoms in total. The average Bonchev–Trinajstić information content (AvgIpc) is 2.36. The molecule has 0 aliphatic carbocycles. The van der Waals surface area contributed by atoms with Crippen molar-refractivity contribution in [1.29, 1.82) is 0 Å². The lowest BCUT2D eigenvalue weighted by Crippen LogP contribution is -2.34. The van der Waals surface area contributed by atoms with Crippen LogP contribution in [0.15, 0.2) is 29.2 Å². The zero-order chi connectivity index (χ0) is 13.1. The Morgan fingerprint density at radius 2 is 2.06 bits per heavy atom. The van der Waals surface area contributed by atoms with E-state index in [1.54, 1.807) is 25.2 Å². The number of hydrogen-bond acceptors (Lipinski definition) is 3. The van der Waals surface area contributed by atoms with Gasteiger partial charge in [0, 0.05) is 19.6 Å². The average molecular weight is 256 g/mol. The molecule has 0 saturated carbocycles. The molecule has 0 spiro atoms. The predicted octanol–water partition coefficient (Wildman–Crippen LogP) is 1.56. The van der Waals surface area contributed by atoms with Crippen LogP contribution in [-0.4, -0.2) is 25.8 Å². The fourth-order valence-electron chi connectivity index (χ4n) is 1.49. The Balaban J connectivity index is 3.12. The quantitative estimate of drug-likeness (QED) is 0.869. The van der Waals surface area contributed by atoms with E-state index in [4.69, 9.17) is 5.73 Å². The second-order valence-electron chi connectivity index (χ2n) is 4.13. The molecule has 1 atom stereocenters. The molecule has 0 fully saturated rings. The summed E-state index contributed by atoms with van der Waals surface area (Å²) >= 11 is 0. The van der Waals surface area contributed by atoms with Gasteiger partial charge in [0.2, 0.25) is 10.0 Å². The van der Waals surface area contributed by atoms with E-state index in [0.29, 0.717) is 11.4 Å². The Kier molecular flexibility index (Phi) is 4.68. The summed E-state index contributed by atoms with van der Waals surface area (Å²) in [5.41, 5.74) is 6.34. The van der Waals surface area contributed by atoms with Gasteiger partial charge in [0.25, 0.3) is 0 Å². The second kappa shape index (κ2) is 5.62. The van der Waals surface area contributed by atoms with Crippen LogP contribution in [0, 0.1) is 0 Å². The Labute approximate surface area is 103 Å². The molecule has 1 rings (SSSR count). The molecule has 1 aromatic carbocycles. The van der Waals surface area contributed by atoms with Crippen molar-refractivity contribution in [1.82, 2.24) is 4.31 Å². The highest BCUT2D eigenvalue weighted by molar-refractivity contribution is 7.89. The Bertz CT molecular complexity index is 471. The Morgan fingerprint density at radius 3 is 2.59 bits per heavy atom. The molecule has 1 unspecified atom stereocenters. The van der Waals surface area contributed by atoms with Crippen molar-refractivity contribution in [3.8, 4) is 0 Å². The molecule has 0 aromatic heterocycles. The van der Waals surface area contributed by atoms with Gasteiger partial charge in [0.05, 0.1) is 4.90 Å². The molecule has 5 heteroatoms. The van der Waals surface area contributed by atoms with Crippen molar-refractivity contribution in [2.24, 2.45) is 5.73 Å². The first-order valence-electron chi connectivity index (χ1n) is 5.70. The van der Waals surface area contributed by atoms with Gasteiger partial charge in [0.15, 0.2) is 0 Å². The monoisotopic (exact) mass is 256 g/mol. The van der Waals surface area contributed by atoms with Crippen LogP contribution in [0.4, 0.5) is 0 Å². The zero-order valence-electron chi connectivity index (χ0n) is 10.6. The number of sulfonamides is 1. The van der Waals surface area contributed by atoms with Gasteiger partial charge in [-0.25, -0.2) is 8.42 Å². The van der Waals surface area contributed by atoms with Gasteiger partial charge in [-0.3, -0.25) is 0 Å². The molecule has 0 radical (unpaired) electrons. The van der Waals surface area contributed by atoms with Gasteiger partial charge in [-0.05, 0) is 31.0 Å². The maximum absolute atomic E-state index is 12.3. The van der Waals surface area contributed by atoms with E-state index in [9.17, 15) is 8.42 Å². The SMILES string of the molecule is CCC(C)N(C)S(=O)(=O)c1cccc(CN)c1. The van der Waals surface area contributed by atoms with Crippen LogP contribution in [0.1, 0.15) is 25.8 Å². The first-order valence-corrected chi connectivity index (χ1v) is 7.14. The highest BCUT2D eigenvalue weighted by atomic mass is 32.2. The molecule has 2 N–H and O–H groups in total. The topological polar surface area (TPSA) is 63.4 Å². The van der Waals surface area contributed by atoms with Gasteiger partial charge in [-0.1, -0.05) is 19.1 Å². The number of nitrogens with zero attached hydrogens (tertiary/aromatic N) is 1. The lowest BCUT2D eigenvalue weighted by molar-refractivity contribution is 0.380. The third-order valence-electron chi connectivity index (χ3n) is 3.02. The minimum absolute atomic E-state index is 0.0125. The maximum atomic E-state index is 12.3. The predicted molar refractivity (Wildman–Crippen MR) is 69.0 cm³/mol. The summed E-state index contributed by atoms with van der Waals surface area (Å²) in [6, 6.07) is 6.77. The molecule has 0 heterocycles. The summed E-state index contributed by atoms with van der Waals surface area (Å²) < 4.78 is 26.0. The molecule has 17 heavy (non-hydrogen) atoms. The lowest BCUT2D eigenvalue weighted by Gasteiger charge is -2.23. The van der Waals surface area contributed by atoms with E-state index in [1.165, 1.54) is 4.31 Å². The van der Waals surface area contributed by atoms with Crippen molar-refractivity contribution >= 4 is 10.0 Å². The molecule has 0 aliphatic heterocycles. The summed E-state index contributed by atoms with van der Waals surface area (Å²) in [7, 11) is -1.80. The fraction of sp³-hybridized carbons (Fsp3) is 0.500. The summed E-state index contributed by atoms with van der Waals surface area (Å²) in [6.07, 6.45) is 0.784. The molecule has 1 aromatic rings. The smallest absolute Gasteiger partial charge is 0.243 e. The van der Waals surface area contributed by atoms with Crippen LogP contribution in [0.25, 0.3) is 0 Å². The largest absolute Gasteiger partial charge is 0.326 e. The van der Waals surface area contributed by atoms with Crippen LogP contribution >= 0.6 is 0 Å². The van der Waals surface area contributed by atoms with E-state index in [-0.39, 0.29) is 6.04 Å². The molecule has 0 saturated heterocycles. The second-order valence-corrected chi connectivity index (χ2v) is 6.13. The fourth-order valence-corrected chi connectivity index (χ4v) is 3.00. The van der Waals surface area contributed by atoms with Crippen LogP contribution in [0.3, 0.4) is 0 Å². The van der Waals surface area contributed by atoms with E-state index in [1.807, 2.05) is 19.9 Å². The summed E-state index contributed by atoms with van der Waals surface area (Å²) in [5.74, 6) is 0. The number of nitrogens with two attached hydrogens (primary N) is 1. The minimum atomic E-state index is -3.41. The van der Waals surface area contributed by atoms with E-state index in [2.05, 4.69) is 0 Å². The van der Waals surface area contributed by atoms with Gasteiger partial charge in [-0.15, -0.1) is 0 Å². The highest BCUT2D eigenvalue weighted by Gasteiger charge is 2.24. The standard InChI is InChI=1S/C12H20N2O2S/c1-4-10(2)14(3)17(15,16)12-7-5-6-11(8-12)9-13/h5-8,10H,4,9,13H2,1-3H3. The normalized spacial score (nSPS) is 13.9.